The topological polar surface area (TPSA) is 45.2 Å². The minimum absolute atomic E-state index is 0.335. The van der Waals surface area contributed by atoms with Crippen LogP contribution >= 0.6 is 0 Å². The lowest BCUT2D eigenvalue weighted by molar-refractivity contribution is 0.0401. The van der Waals surface area contributed by atoms with Crippen LogP contribution in [-0.2, 0) is 9.47 Å². The van der Waals surface area contributed by atoms with Crippen molar-refractivity contribution in [3.63, 3.8) is 0 Å². The average molecular weight is 381 g/mol. The van der Waals surface area contributed by atoms with Gasteiger partial charge in [-0.2, -0.15) is 0 Å². The second-order valence-corrected chi connectivity index (χ2v) is 7.76. The van der Waals surface area contributed by atoms with Crippen LogP contribution in [0.25, 0.3) is 0 Å². The third-order valence-corrected chi connectivity index (χ3v) is 5.31. The smallest absolute Gasteiger partial charge is 0.117 e. The van der Waals surface area contributed by atoms with Crippen LogP contribution in [0.2, 0.25) is 0 Å². The Bertz CT molecular complexity index is 427. The van der Waals surface area contributed by atoms with Gasteiger partial charge in [0.1, 0.15) is 18.5 Å². The third-order valence-electron chi connectivity index (χ3n) is 5.31. The van der Waals surface area contributed by atoms with Crippen molar-refractivity contribution in [2.75, 3.05) is 59.1 Å². The second kappa shape index (κ2) is 14.2. The van der Waals surface area contributed by atoms with Crippen LogP contribution in [0.5, 0.6) is 0 Å². The summed E-state index contributed by atoms with van der Waals surface area (Å²) in [6, 6.07) is 0. The maximum absolute atomic E-state index is 10.2. The van der Waals surface area contributed by atoms with Crippen molar-refractivity contribution in [3.05, 3.63) is 24.0 Å². The fraction of sp³-hybridized carbons (Fsp3) is 0.818. The van der Waals surface area contributed by atoms with Crippen molar-refractivity contribution in [1.29, 1.82) is 0 Å². The zero-order valence-electron chi connectivity index (χ0n) is 17.3. The average Bonchev–Trinajstić information content (AvgIpc) is 2.70. The maximum atomic E-state index is 10.2. The normalized spacial score (nSPS) is 21.6. The fourth-order valence-electron chi connectivity index (χ4n) is 3.82. The Hall–Kier alpha value is -0.880. The summed E-state index contributed by atoms with van der Waals surface area (Å²) in [7, 11) is 0. The van der Waals surface area contributed by atoms with Gasteiger partial charge in [-0.15, -0.1) is 0 Å². The number of aliphatic hydroxyl groups is 1. The highest BCUT2D eigenvalue weighted by Crippen LogP contribution is 2.10. The van der Waals surface area contributed by atoms with Gasteiger partial charge in [-0.05, 0) is 77.4 Å². The van der Waals surface area contributed by atoms with Gasteiger partial charge in [0.05, 0.1) is 6.61 Å². The lowest BCUT2D eigenvalue weighted by Crippen LogP contribution is -2.38. The molecule has 0 spiro atoms. The van der Waals surface area contributed by atoms with E-state index in [1.807, 2.05) is 25.2 Å². The molecule has 0 amide bonds. The van der Waals surface area contributed by atoms with E-state index in [0.29, 0.717) is 19.8 Å². The molecule has 5 nitrogen and oxygen atoms in total. The van der Waals surface area contributed by atoms with E-state index in [1.54, 1.807) is 0 Å². The van der Waals surface area contributed by atoms with Crippen LogP contribution in [0.1, 0.15) is 51.9 Å². The largest absolute Gasteiger partial charge is 0.491 e. The Balaban J connectivity index is 1.57. The number of allylic oxidation sites excluding steroid dienone is 2. The van der Waals surface area contributed by atoms with E-state index in [4.69, 9.17) is 9.47 Å². The van der Waals surface area contributed by atoms with E-state index in [2.05, 4.69) is 9.80 Å². The number of piperidine rings is 2. The van der Waals surface area contributed by atoms with Gasteiger partial charge in [0.25, 0.3) is 0 Å². The van der Waals surface area contributed by atoms with Crippen LogP contribution in [0.15, 0.2) is 24.0 Å². The molecular weight excluding hydrogens is 340 g/mol. The highest BCUT2D eigenvalue weighted by atomic mass is 16.5. The lowest BCUT2D eigenvalue weighted by atomic mass is 10.1. The SMILES string of the molecule is C/C=C\C(=C/COCCCN1CCCCC1)OC[C@@H](O)CN1CCCCC1. The Morgan fingerprint density at radius 1 is 1.00 bits per heavy atom. The molecule has 1 atom stereocenters. The highest BCUT2D eigenvalue weighted by Gasteiger charge is 2.15. The number of ether oxygens (including phenoxy) is 2. The van der Waals surface area contributed by atoms with E-state index < -0.39 is 6.10 Å². The number of rotatable bonds is 12. The number of hydrogen-bond donors (Lipinski definition) is 1. The molecule has 1 N–H and O–H groups in total. The predicted octanol–water partition coefficient (Wildman–Crippen LogP) is 3.20. The fourth-order valence-corrected chi connectivity index (χ4v) is 3.82. The van der Waals surface area contributed by atoms with Crippen LogP contribution in [-0.4, -0.2) is 80.1 Å². The molecule has 0 aromatic heterocycles. The van der Waals surface area contributed by atoms with Crippen LogP contribution in [0.4, 0.5) is 0 Å². The molecule has 2 rings (SSSR count). The van der Waals surface area contributed by atoms with Gasteiger partial charge in [-0.1, -0.05) is 18.9 Å². The standard InChI is InChI=1S/C22H40N2O3/c1-2-10-22(27-20-21(25)19-24-14-7-4-8-15-24)11-18-26-17-9-16-23-12-5-3-6-13-23/h2,10-11,21,25H,3-9,12-20H2,1H3/b10-2-,22-11+/t21-/m0/s1. The Kier molecular flexibility index (Phi) is 11.8. The van der Waals surface area contributed by atoms with Crippen molar-refractivity contribution >= 4 is 0 Å². The van der Waals surface area contributed by atoms with Crippen molar-refractivity contribution < 1.29 is 14.6 Å². The van der Waals surface area contributed by atoms with Crippen molar-refractivity contribution in [3.8, 4) is 0 Å². The molecule has 2 heterocycles. The number of hydrogen-bond acceptors (Lipinski definition) is 5. The van der Waals surface area contributed by atoms with Gasteiger partial charge in [0, 0.05) is 19.7 Å². The Labute approximate surface area is 166 Å². The monoisotopic (exact) mass is 380 g/mol. The number of nitrogens with zero attached hydrogens (tertiary/aromatic N) is 2. The van der Waals surface area contributed by atoms with E-state index in [-0.39, 0.29) is 0 Å². The molecule has 2 saturated heterocycles. The van der Waals surface area contributed by atoms with Gasteiger partial charge in [0.15, 0.2) is 0 Å². The van der Waals surface area contributed by atoms with Crippen molar-refractivity contribution in [2.45, 2.75) is 58.0 Å². The number of β-amino-alcohol motifs (C(OH)–C–C–N with tert-alkyl or cyclic N) is 1. The van der Waals surface area contributed by atoms with Crippen molar-refractivity contribution in [2.24, 2.45) is 0 Å². The first-order valence-corrected chi connectivity index (χ1v) is 10.9. The van der Waals surface area contributed by atoms with Gasteiger partial charge in [0.2, 0.25) is 0 Å². The molecule has 2 aliphatic rings. The zero-order valence-corrected chi connectivity index (χ0v) is 17.3. The quantitative estimate of drug-likeness (QED) is 0.320. The summed E-state index contributed by atoms with van der Waals surface area (Å²) in [5.74, 6) is 0.784. The molecule has 0 unspecified atom stereocenters. The van der Waals surface area contributed by atoms with Gasteiger partial charge in [-0.25, -0.2) is 0 Å². The summed E-state index contributed by atoms with van der Waals surface area (Å²) >= 11 is 0. The highest BCUT2D eigenvalue weighted by molar-refractivity contribution is 5.11. The first-order chi connectivity index (χ1) is 13.3. The summed E-state index contributed by atoms with van der Waals surface area (Å²) in [5, 5.41) is 10.2. The predicted molar refractivity (Wildman–Crippen MR) is 111 cm³/mol. The molecular formula is C22H40N2O3. The second-order valence-electron chi connectivity index (χ2n) is 7.76. The molecule has 0 radical (unpaired) electrons. The van der Waals surface area contributed by atoms with Crippen LogP contribution in [0, 0.1) is 0 Å². The molecule has 0 aliphatic carbocycles. The van der Waals surface area contributed by atoms with Crippen LogP contribution in [0.3, 0.4) is 0 Å². The van der Waals surface area contributed by atoms with E-state index >= 15 is 0 Å². The minimum atomic E-state index is -0.442. The molecule has 0 aromatic rings. The first kappa shape index (κ1) is 22.4. The van der Waals surface area contributed by atoms with Crippen molar-refractivity contribution in [1.82, 2.24) is 9.80 Å². The van der Waals surface area contributed by atoms with Gasteiger partial charge in [-0.3, -0.25) is 0 Å². The molecule has 5 heteroatoms. The summed E-state index contributed by atoms with van der Waals surface area (Å²) in [4.78, 5) is 4.88. The van der Waals surface area contributed by atoms with E-state index in [1.165, 1.54) is 51.6 Å². The Morgan fingerprint density at radius 2 is 1.67 bits per heavy atom. The lowest BCUT2D eigenvalue weighted by Gasteiger charge is -2.28. The minimum Gasteiger partial charge on any atom is -0.491 e. The summed E-state index contributed by atoms with van der Waals surface area (Å²) in [6.45, 7) is 10.2. The first-order valence-electron chi connectivity index (χ1n) is 10.9. The van der Waals surface area contributed by atoms with E-state index in [9.17, 15) is 5.11 Å². The van der Waals surface area contributed by atoms with E-state index in [0.717, 1.165) is 38.4 Å². The van der Waals surface area contributed by atoms with Crippen LogP contribution < -0.4 is 0 Å². The zero-order chi connectivity index (χ0) is 19.2. The molecule has 2 fully saturated rings. The summed E-state index contributed by atoms with van der Waals surface area (Å²) in [5.41, 5.74) is 0. The summed E-state index contributed by atoms with van der Waals surface area (Å²) in [6.07, 6.45) is 14.4. The molecule has 27 heavy (non-hydrogen) atoms. The van der Waals surface area contributed by atoms with Gasteiger partial charge >= 0.3 is 0 Å². The molecule has 2 aliphatic heterocycles. The molecule has 0 saturated carbocycles. The molecule has 0 aromatic carbocycles. The molecule has 156 valence electrons. The summed E-state index contributed by atoms with van der Waals surface area (Å²) < 4.78 is 11.5. The molecule has 0 bridgehead atoms. The maximum Gasteiger partial charge on any atom is 0.117 e. The third kappa shape index (κ3) is 10.3. The Morgan fingerprint density at radius 3 is 2.33 bits per heavy atom. The number of aliphatic hydroxyl groups excluding tert-OH is 1. The number of likely N-dealkylation sites (tertiary alicyclic amines) is 2. The van der Waals surface area contributed by atoms with Gasteiger partial charge < -0.3 is 24.4 Å².